The number of methoxy groups -OCH3 is 2. The van der Waals surface area contributed by atoms with Gasteiger partial charge in [0.05, 0.1) is 14.2 Å². The van der Waals surface area contributed by atoms with Crippen LogP contribution in [0.1, 0.15) is 29.2 Å². The summed E-state index contributed by atoms with van der Waals surface area (Å²) in [6, 6.07) is 14.9. The number of fused-ring (bicyclic) bond motifs is 1. The molecule has 0 bridgehead atoms. The summed E-state index contributed by atoms with van der Waals surface area (Å²) in [5.41, 5.74) is 3.98. The molecule has 1 aliphatic rings. The normalized spacial score (nSPS) is 16.6. The van der Waals surface area contributed by atoms with Crippen molar-refractivity contribution >= 4 is 0 Å². The molecule has 0 saturated heterocycles. The first kappa shape index (κ1) is 14.0. The summed E-state index contributed by atoms with van der Waals surface area (Å²) >= 11 is 0. The molecule has 110 valence electrons. The molecule has 0 fully saturated rings. The summed E-state index contributed by atoms with van der Waals surface area (Å²) < 4.78 is 10.7. The molecular weight excluding hydrogens is 262 g/mol. The number of rotatable bonds is 5. The zero-order chi connectivity index (χ0) is 14.7. The molecule has 0 radical (unpaired) electrons. The lowest BCUT2D eigenvalue weighted by Crippen LogP contribution is -2.19. The van der Waals surface area contributed by atoms with Gasteiger partial charge in [0, 0.05) is 18.2 Å². The summed E-state index contributed by atoms with van der Waals surface area (Å²) in [6.07, 6.45) is 2.26. The number of hydrogen-bond donors (Lipinski definition) is 1. The molecule has 3 rings (SSSR count). The van der Waals surface area contributed by atoms with E-state index in [0.717, 1.165) is 30.9 Å². The summed E-state index contributed by atoms with van der Waals surface area (Å²) in [5.74, 6) is 1.87. The molecule has 0 aliphatic heterocycles. The van der Waals surface area contributed by atoms with E-state index in [1.807, 2.05) is 24.3 Å². The van der Waals surface area contributed by atoms with Crippen molar-refractivity contribution in [3.8, 4) is 11.5 Å². The molecule has 3 nitrogen and oxygen atoms in total. The fourth-order valence-corrected chi connectivity index (χ4v) is 3.00. The van der Waals surface area contributed by atoms with Crippen LogP contribution in [0.4, 0.5) is 0 Å². The van der Waals surface area contributed by atoms with Gasteiger partial charge in [-0.2, -0.15) is 0 Å². The van der Waals surface area contributed by atoms with Gasteiger partial charge in [0.2, 0.25) is 0 Å². The fraction of sp³-hybridized carbons (Fsp3) is 0.333. The van der Waals surface area contributed by atoms with Gasteiger partial charge in [0.1, 0.15) is 11.5 Å². The molecule has 0 aromatic heterocycles. The minimum absolute atomic E-state index is 0.389. The zero-order valence-electron chi connectivity index (χ0n) is 12.6. The van der Waals surface area contributed by atoms with Crippen LogP contribution in [-0.2, 0) is 13.0 Å². The number of nitrogens with one attached hydrogen (secondary N) is 1. The second-order valence-corrected chi connectivity index (χ2v) is 5.35. The topological polar surface area (TPSA) is 30.5 Å². The Bertz CT molecular complexity index is 624. The highest BCUT2D eigenvalue weighted by atomic mass is 16.5. The van der Waals surface area contributed by atoms with Crippen molar-refractivity contribution in [2.75, 3.05) is 14.2 Å². The van der Waals surface area contributed by atoms with Crippen LogP contribution < -0.4 is 14.8 Å². The Morgan fingerprint density at radius 2 is 1.95 bits per heavy atom. The Hall–Kier alpha value is -2.00. The average molecular weight is 283 g/mol. The van der Waals surface area contributed by atoms with Gasteiger partial charge in [-0.05, 0) is 42.2 Å². The van der Waals surface area contributed by atoms with Gasteiger partial charge in [-0.1, -0.05) is 24.3 Å². The molecule has 0 spiro atoms. The van der Waals surface area contributed by atoms with Gasteiger partial charge in [-0.25, -0.2) is 0 Å². The molecule has 3 heteroatoms. The van der Waals surface area contributed by atoms with E-state index in [1.165, 1.54) is 16.7 Å². The average Bonchev–Trinajstić information content (AvgIpc) is 2.95. The van der Waals surface area contributed by atoms with Crippen molar-refractivity contribution in [1.82, 2.24) is 5.32 Å². The first-order chi connectivity index (χ1) is 10.3. The molecule has 0 amide bonds. The van der Waals surface area contributed by atoms with E-state index in [0.29, 0.717) is 6.04 Å². The number of benzene rings is 2. The van der Waals surface area contributed by atoms with E-state index in [2.05, 4.69) is 23.5 Å². The first-order valence-electron chi connectivity index (χ1n) is 7.34. The monoisotopic (exact) mass is 283 g/mol. The maximum atomic E-state index is 5.41. The number of ether oxygens (including phenoxy) is 2. The van der Waals surface area contributed by atoms with E-state index < -0.39 is 0 Å². The van der Waals surface area contributed by atoms with Crippen LogP contribution in [0.2, 0.25) is 0 Å². The van der Waals surface area contributed by atoms with Crippen molar-refractivity contribution in [3.63, 3.8) is 0 Å². The summed E-state index contributed by atoms with van der Waals surface area (Å²) in [5, 5.41) is 3.64. The van der Waals surface area contributed by atoms with Crippen molar-refractivity contribution in [3.05, 3.63) is 59.2 Å². The smallest absolute Gasteiger partial charge is 0.123 e. The zero-order valence-corrected chi connectivity index (χ0v) is 12.6. The summed E-state index contributed by atoms with van der Waals surface area (Å²) in [4.78, 5) is 0. The molecular formula is C18H21NO2. The minimum atomic E-state index is 0.389. The third-order valence-corrected chi connectivity index (χ3v) is 4.16. The lowest BCUT2D eigenvalue weighted by atomic mass is 10.1. The molecule has 2 aromatic rings. The third kappa shape index (κ3) is 2.88. The minimum Gasteiger partial charge on any atom is -0.497 e. The van der Waals surface area contributed by atoms with Crippen molar-refractivity contribution in [1.29, 1.82) is 0 Å². The van der Waals surface area contributed by atoms with Crippen LogP contribution >= 0.6 is 0 Å². The molecule has 1 atom stereocenters. The van der Waals surface area contributed by atoms with Crippen LogP contribution in [0.25, 0.3) is 0 Å². The largest absolute Gasteiger partial charge is 0.497 e. The molecule has 2 aromatic carbocycles. The Balaban J connectivity index is 1.73. The van der Waals surface area contributed by atoms with E-state index in [1.54, 1.807) is 14.2 Å². The molecule has 1 N–H and O–H groups in total. The third-order valence-electron chi connectivity index (χ3n) is 4.16. The van der Waals surface area contributed by atoms with Gasteiger partial charge in [0.15, 0.2) is 0 Å². The Kier molecular flexibility index (Phi) is 4.11. The van der Waals surface area contributed by atoms with E-state index in [4.69, 9.17) is 9.47 Å². The maximum absolute atomic E-state index is 5.41. The van der Waals surface area contributed by atoms with Crippen molar-refractivity contribution in [2.24, 2.45) is 0 Å². The van der Waals surface area contributed by atoms with Gasteiger partial charge in [-0.3, -0.25) is 0 Å². The maximum Gasteiger partial charge on any atom is 0.123 e. The second-order valence-electron chi connectivity index (χ2n) is 5.35. The molecule has 1 unspecified atom stereocenters. The predicted octanol–water partition coefficient (Wildman–Crippen LogP) is 3.48. The standard InChI is InChI=1S/C18H21NO2/c1-20-15-9-7-13-8-10-17(16(13)11-15)19-12-14-5-3-4-6-18(14)21-2/h3-7,9,11,17,19H,8,10,12H2,1-2H3. The Labute approximate surface area is 125 Å². The van der Waals surface area contributed by atoms with Gasteiger partial charge < -0.3 is 14.8 Å². The summed E-state index contributed by atoms with van der Waals surface area (Å²) in [7, 11) is 3.43. The second kappa shape index (κ2) is 6.19. The van der Waals surface area contributed by atoms with E-state index in [9.17, 15) is 0 Å². The van der Waals surface area contributed by atoms with Crippen LogP contribution in [0.15, 0.2) is 42.5 Å². The molecule has 0 heterocycles. The van der Waals surface area contributed by atoms with Crippen LogP contribution in [0.3, 0.4) is 0 Å². The van der Waals surface area contributed by atoms with Gasteiger partial charge in [-0.15, -0.1) is 0 Å². The molecule has 21 heavy (non-hydrogen) atoms. The first-order valence-corrected chi connectivity index (χ1v) is 7.34. The van der Waals surface area contributed by atoms with Gasteiger partial charge in [0.25, 0.3) is 0 Å². The molecule has 0 saturated carbocycles. The van der Waals surface area contributed by atoms with Crippen molar-refractivity contribution in [2.45, 2.75) is 25.4 Å². The number of hydrogen-bond acceptors (Lipinski definition) is 3. The molecule has 1 aliphatic carbocycles. The predicted molar refractivity (Wildman–Crippen MR) is 83.9 cm³/mol. The quantitative estimate of drug-likeness (QED) is 0.911. The highest BCUT2D eigenvalue weighted by Crippen LogP contribution is 2.34. The van der Waals surface area contributed by atoms with E-state index in [-0.39, 0.29) is 0 Å². The SMILES string of the molecule is COc1ccc2c(c1)C(NCc1ccccc1OC)CC2. The summed E-state index contributed by atoms with van der Waals surface area (Å²) in [6.45, 7) is 0.811. The lowest BCUT2D eigenvalue weighted by Gasteiger charge is -2.16. The highest BCUT2D eigenvalue weighted by Gasteiger charge is 2.22. The Morgan fingerprint density at radius 3 is 2.76 bits per heavy atom. The lowest BCUT2D eigenvalue weighted by molar-refractivity contribution is 0.404. The fourth-order valence-electron chi connectivity index (χ4n) is 3.00. The van der Waals surface area contributed by atoms with E-state index >= 15 is 0 Å². The van der Waals surface area contributed by atoms with Crippen molar-refractivity contribution < 1.29 is 9.47 Å². The number of aryl methyl sites for hydroxylation is 1. The Morgan fingerprint density at radius 1 is 1.10 bits per heavy atom. The van der Waals surface area contributed by atoms with Gasteiger partial charge >= 0.3 is 0 Å². The number of para-hydroxylation sites is 1. The van der Waals surface area contributed by atoms with Crippen LogP contribution in [0.5, 0.6) is 11.5 Å². The van der Waals surface area contributed by atoms with Crippen LogP contribution in [-0.4, -0.2) is 14.2 Å². The highest BCUT2D eigenvalue weighted by molar-refractivity contribution is 5.41. The van der Waals surface area contributed by atoms with Crippen LogP contribution in [0, 0.1) is 0 Å².